The van der Waals surface area contributed by atoms with Gasteiger partial charge in [0.1, 0.15) is 17.2 Å². The Kier molecular flexibility index (Phi) is 11.4. The van der Waals surface area contributed by atoms with E-state index < -0.39 is 42.0 Å². The highest BCUT2D eigenvalue weighted by atomic mass is 19.1. The molecule has 3 atom stereocenters. The van der Waals surface area contributed by atoms with Gasteiger partial charge in [-0.1, -0.05) is 6.07 Å². The summed E-state index contributed by atoms with van der Waals surface area (Å²) in [6.07, 6.45) is 0.868. The largest absolute Gasteiger partial charge is 0.497 e. The molecule has 1 aromatic heterocycles. The van der Waals surface area contributed by atoms with Gasteiger partial charge in [-0.05, 0) is 38.7 Å². The molecule has 1 aliphatic carbocycles. The average Bonchev–Trinajstić information content (AvgIpc) is 3.49. The summed E-state index contributed by atoms with van der Waals surface area (Å²) in [5.41, 5.74) is -2.57. The Morgan fingerprint density at radius 1 is 1.09 bits per heavy atom. The number of fused-ring (bicyclic) bond motifs is 1. The van der Waals surface area contributed by atoms with E-state index in [1.54, 1.807) is 18.3 Å². The fourth-order valence-electron chi connectivity index (χ4n) is 5.68. The SMILES string of the molecule is CCOc1ncc([C@@]2(O)CC[C@@H]3CN(Cc4ccc(OC)cc4F)C[C@@H]32)c(OCC)n1.O=C(O)CC(O)(CC(=O)O)C(=O)O. The Morgan fingerprint density at radius 2 is 1.75 bits per heavy atom. The summed E-state index contributed by atoms with van der Waals surface area (Å²) in [7, 11) is 1.53. The molecule has 0 bridgehead atoms. The number of aliphatic carboxylic acids is 3. The molecule has 0 unspecified atom stereocenters. The van der Waals surface area contributed by atoms with Gasteiger partial charge in [-0.25, -0.2) is 14.2 Å². The number of aromatic nitrogens is 2. The molecule has 0 amide bonds. The second-order valence-electron chi connectivity index (χ2n) is 10.7. The normalized spacial score (nSPS) is 21.1. The summed E-state index contributed by atoms with van der Waals surface area (Å²) in [4.78, 5) is 41.4. The number of nitrogens with zero attached hydrogens (tertiary/aromatic N) is 3. The first-order valence-corrected chi connectivity index (χ1v) is 14.1. The molecule has 1 saturated carbocycles. The van der Waals surface area contributed by atoms with Crippen LogP contribution in [0.3, 0.4) is 0 Å². The van der Waals surface area contributed by atoms with Crippen LogP contribution in [0.5, 0.6) is 17.6 Å². The fraction of sp³-hybridized carbons (Fsp3) is 0.552. The minimum atomic E-state index is -2.74. The highest BCUT2D eigenvalue weighted by molar-refractivity contribution is 5.88. The third kappa shape index (κ3) is 8.09. The number of hydrogen-bond acceptors (Lipinski definition) is 11. The van der Waals surface area contributed by atoms with Crippen LogP contribution in [-0.4, -0.2) is 97.3 Å². The van der Waals surface area contributed by atoms with Gasteiger partial charge < -0.3 is 39.7 Å². The third-order valence-corrected chi connectivity index (χ3v) is 7.72. The van der Waals surface area contributed by atoms with Crippen LogP contribution in [-0.2, 0) is 26.5 Å². The summed E-state index contributed by atoms with van der Waals surface area (Å²) in [6.45, 7) is 6.63. The maximum atomic E-state index is 14.4. The molecule has 15 heteroatoms. The van der Waals surface area contributed by atoms with E-state index in [9.17, 15) is 23.9 Å². The van der Waals surface area contributed by atoms with Crippen LogP contribution in [0.15, 0.2) is 24.4 Å². The molecule has 1 aromatic carbocycles. The number of halogens is 1. The monoisotopic (exact) mass is 623 g/mol. The van der Waals surface area contributed by atoms with Gasteiger partial charge in [0, 0.05) is 43.4 Å². The average molecular weight is 624 g/mol. The molecular formula is C29H38FN3O11. The van der Waals surface area contributed by atoms with Crippen LogP contribution >= 0.6 is 0 Å². The zero-order valence-electron chi connectivity index (χ0n) is 24.7. The number of carbonyl (C=O) groups is 3. The molecule has 1 aliphatic heterocycles. The van der Waals surface area contributed by atoms with Gasteiger partial charge in [0.2, 0.25) is 5.88 Å². The molecular weight excluding hydrogens is 585 g/mol. The molecule has 14 nitrogen and oxygen atoms in total. The second kappa shape index (κ2) is 14.6. The van der Waals surface area contributed by atoms with E-state index in [1.807, 2.05) is 13.8 Å². The van der Waals surface area contributed by atoms with E-state index in [4.69, 9.17) is 34.6 Å². The van der Waals surface area contributed by atoms with Crippen molar-refractivity contribution in [2.75, 3.05) is 33.4 Å². The number of carboxylic acid groups (broad SMARTS) is 3. The Bertz CT molecular complexity index is 1330. The lowest BCUT2D eigenvalue weighted by Gasteiger charge is -2.31. The van der Waals surface area contributed by atoms with Crippen LogP contribution in [0.2, 0.25) is 0 Å². The molecule has 0 radical (unpaired) electrons. The van der Waals surface area contributed by atoms with Gasteiger partial charge in [-0.15, -0.1) is 0 Å². The molecule has 5 N–H and O–H groups in total. The fourth-order valence-corrected chi connectivity index (χ4v) is 5.68. The van der Waals surface area contributed by atoms with E-state index in [-0.39, 0.29) is 17.7 Å². The van der Waals surface area contributed by atoms with Gasteiger partial charge in [0.25, 0.3) is 0 Å². The number of carboxylic acids is 3. The lowest BCUT2D eigenvalue weighted by molar-refractivity contribution is -0.170. The Morgan fingerprint density at radius 3 is 2.30 bits per heavy atom. The number of ether oxygens (including phenoxy) is 3. The van der Waals surface area contributed by atoms with Crippen molar-refractivity contribution in [3.05, 3.63) is 41.3 Å². The summed E-state index contributed by atoms with van der Waals surface area (Å²) in [5.74, 6) is -4.07. The maximum absolute atomic E-state index is 14.4. The number of rotatable bonds is 13. The number of likely N-dealkylation sites (tertiary alicyclic amines) is 1. The topological polar surface area (TPSA) is 209 Å². The van der Waals surface area contributed by atoms with Crippen molar-refractivity contribution in [1.29, 1.82) is 0 Å². The van der Waals surface area contributed by atoms with Crippen molar-refractivity contribution in [2.24, 2.45) is 11.8 Å². The van der Waals surface area contributed by atoms with Gasteiger partial charge in [0.05, 0.1) is 38.7 Å². The summed E-state index contributed by atoms with van der Waals surface area (Å²) >= 11 is 0. The Labute approximate surface area is 253 Å². The Hall–Kier alpha value is -4.08. The molecule has 2 heterocycles. The van der Waals surface area contributed by atoms with Crippen LogP contribution in [0.25, 0.3) is 0 Å². The standard InChI is InChI=1S/C23H30FN3O4.C6H8O7/c1-4-30-21-18(11-25-22(26-21)31-5-2)23(28)9-8-15-12-27(14-19(15)23)13-16-6-7-17(29-3)10-20(16)24;7-3(8)1-6(13,5(11)12)2-4(9)10/h6-7,10-11,15,19,28H,4-5,8-9,12-14H2,1-3H3;13H,1-2H2,(H,7,8)(H,9,10)(H,11,12)/t15-,19+,23+;/m1./s1. The predicted molar refractivity (Wildman–Crippen MR) is 150 cm³/mol. The number of benzene rings is 1. The van der Waals surface area contributed by atoms with Crippen molar-refractivity contribution in [3.63, 3.8) is 0 Å². The third-order valence-electron chi connectivity index (χ3n) is 7.72. The van der Waals surface area contributed by atoms with Crippen LogP contribution in [0.4, 0.5) is 4.39 Å². The number of methoxy groups -OCH3 is 1. The molecule has 2 aliphatic rings. The predicted octanol–water partition coefficient (Wildman–Crippen LogP) is 1.90. The first-order chi connectivity index (χ1) is 20.8. The molecule has 1 saturated heterocycles. The zero-order valence-corrected chi connectivity index (χ0v) is 24.7. The lowest BCUT2D eigenvalue weighted by atomic mass is 9.83. The van der Waals surface area contributed by atoms with Gasteiger partial charge >= 0.3 is 23.9 Å². The minimum Gasteiger partial charge on any atom is -0.497 e. The van der Waals surface area contributed by atoms with Crippen molar-refractivity contribution < 1.29 is 58.5 Å². The van der Waals surface area contributed by atoms with Crippen LogP contribution < -0.4 is 14.2 Å². The maximum Gasteiger partial charge on any atom is 0.336 e. The quantitative estimate of drug-likeness (QED) is 0.216. The van der Waals surface area contributed by atoms with E-state index in [0.29, 0.717) is 61.4 Å². The Balaban J connectivity index is 0.000000345. The molecule has 4 rings (SSSR count). The smallest absolute Gasteiger partial charge is 0.336 e. The molecule has 0 spiro atoms. The molecule has 242 valence electrons. The van der Waals surface area contributed by atoms with Crippen molar-refractivity contribution in [2.45, 2.75) is 57.3 Å². The summed E-state index contributed by atoms with van der Waals surface area (Å²) in [6, 6.07) is 5.20. The number of aliphatic hydroxyl groups is 2. The van der Waals surface area contributed by atoms with E-state index in [2.05, 4.69) is 14.9 Å². The lowest BCUT2D eigenvalue weighted by Crippen LogP contribution is -2.42. The van der Waals surface area contributed by atoms with E-state index >= 15 is 0 Å². The number of hydrogen-bond donors (Lipinski definition) is 5. The van der Waals surface area contributed by atoms with E-state index in [0.717, 1.165) is 13.0 Å². The van der Waals surface area contributed by atoms with Crippen molar-refractivity contribution in [3.8, 4) is 17.6 Å². The highest BCUT2D eigenvalue weighted by Crippen LogP contribution is 2.52. The van der Waals surface area contributed by atoms with E-state index in [1.165, 1.54) is 13.2 Å². The second-order valence-corrected chi connectivity index (χ2v) is 10.7. The summed E-state index contributed by atoms with van der Waals surface area (Å²) < 4.78 is 30.7. The zero-order chi connectivity index (χ0) is 32.7. The van der Waals surface area contributed by atoms with Gasteiger partial charge in [0.15, 0.2) is 5.60 Å². The van der Waals surface area contributed by atoms with Gasteiger partial charge in [-0.2, -0.15) is 4.98 Å². The van der Waals surface area contributed by atoms with Gasteiger partial charge in [-0.3, -0.25) is 14.5 Å². The minimum absolute atomic E-state index is 0.00885. The summed E-state index contributed by atoms with van der Waals surface area (Å²) in [5, 5.41) is 45.6. The highest BCUT2D eigenvalue weighted by Gasteiger charge is 2.54. The molecule has 2 fully saturated rings. The van der Waals surface area contributed by atoms with Crippen molar-refractivity contribution in [1.82, 2.24) is 14.9 Å². The molecule has 2 aromatic rings. The molecule has 44 heavy (non-hydrogen) atoms. The van der Waals surface area contributed by atoms with Crippen LogP contribution in [0.1, 0.15) is 50.7 Å². The van der Waals surface area contributed by atoms with Crippen molar-refractivity contribution >= 4 is 17.9 Å². The first kappa shape index (κ1) is 34.4. The first-order valence-electron chi connectivity index (χ1n) is 14.1. The van der Waals surface area contributed by atoms with Crippen LogP contribution in [0, 0.1) is 17.7 Å².